The van der Waals surface area contributed by atoms with Crippen molar-refractivity contribution in [2.24, 2.45) is 5.92 Å². The summed E-state index contributed by atoms with van der Waals surface area (Å²) < 4.78 is 5.43. The highest BCUT2D eigenvalue weighted by Gasteiger charge is 2.35. The largest absolute Gasteiger partial charge is 0.381 e. The average Bonchev–Trinajstić information content (AvgIpc) is 2.51. The predicted molar refractivity (Wildman–Crippen MR) is 64.5 cm³/mol. The second-order valence-electron chi connectivity index (χ2n) is 4.82. The minimum Gasteiger partial charge on any atom is -0.381 e. The Morgan fingerprint density at radius 1 is 1.47 bits per heavy atom. The Balaban J connectivity index is 2.08. The van der Waals surface area contributed by atoms with Crippen LogP contribution in [0.4, 0.5) is 0 Å². The Labute approximate surface area is 102 Å². The summed E-state index contributed by atoms with van der Waals surface area (Å²) in [5, 5.41) is 3.09. The summed E-state index contributed by atoms with van der Waals surface area (Å²) in [5.41, 5.74) is 0. The molecule has 0 aromatic rings. The molecular formula is C12H22N2O3. The molecule has 0 aromatic carbocycles. The maximum Gasteiger partial charge on any atom is 0.246 e. The van der Waals surface area contributed by atoms with Gasteiger partial charge in [-0.3, -0.25) is 14.5 Å². The van der Waals surface area contributed by atoms with E-state index in [1.165, 1.54) is 11.9 Å². The average molecular weight is 242 g/mol. The molecule has 5 heteroatoms. The summed E-state index contributed by atoms with van der Waals surface area (Å²) in [5.74, 6) is 0.312. The molecule has 17 heavy (non-hydrogen) atoms. The summed E-state index contributed by atoms with van der Waals surface area (Å²) in [4.78, 5) is 24.0. The number of rotatable bonds is 7. The molecular weight excluding hydrogens is 220 g/mol. The third-order valence-electron chi connectivity index (χ3n) is 2.69. The lowest BCUT2D eigenvalue weighted by Crippen LogP contribution is -2.37. The number of carbonyl (C=O) groups is 2. The minimum atomic E-state index is -0.336. The monoisotopic (exact) mass is 242 g/mol. The lowest BCUT2D eigenvalue weighted by Gasteiger charge is -2.11. The van der Waals surface area contributed by atoms with E-state index in [9.17, 15) is 9.59 Å². The molecule has 0 spiro atoms. The van der Waals surface area contributed by atoms with Crippen LogP contribution < -0.4 is 5.32 Å². The van der Waals surface area contributed by atoms with E-state index >= 15 is 0 Å². The lowest BCUT2D eigenvalue weighted by atomic mass is 10.2. The molecule has 1 aliphatic heterocycles. The number of likely N-dealkylation sites (tertiary alicyclic amines) is 1. The van der Waals surface area contributed by atoms with E-state index < -0.39 is 0 Å². The minimum absolute atomic E-state index is 0.108. The Bertz CT molecular complexity index is 279. The maximum atomic E-state index is 11.5. The van der Waals surface area contributed by atoms with Crippen LogP contribution >= 0.6 is 0 Å². The van der Waals surface area contributed by atoms with Crippen molar-refractivity contribution in [1.82, 2.24) is 10.2 Å². The zero-order valence-electron chi connectivity index (χ0n) is 10.9. The molecule has 0 bridgehead atoms. The van der Waals surface area contributed by atoms with Crippen LogP contribution in [-0.2, 0) is 14.3 Å². The van der Waals surface area contributed by atoms with Crippen LogP contribution in [0.2, 0.25) is 0 Å². The molecule has 2 amide bonds. The standard InChI is InChI=1S/C12H22N2O3/c1-9(2)8-17-6-4-5-13-10-7-11(15)14(3)12(10)16/h9-10,13H,4-8H2,1-3H3. The van der Waals surface area contributed by atoms with Gasteiger partial charge in [0.25, 0.3) is 0 Å². The SMILES string of the molecule is CC(C)COCCCNC1CC(=O)N(C)C1=O. The van der Waals surface area contributed by atoms with Crippen molar-refractivity contribution in [3.63, 3.8) is 0 Å². The first-order valence-electron chi connectivity index (χ1n) is 6.14. The Morgan fingerprint density at radius 2 is 2.18 bits per heavy atom. The topological polar surface area (TPSA) is 58.6 Å². The molecule has 0 radical (unpaired) electrons. The molecule has 1 rings (SSSR count). The van der Waals surface area contributed by atoms with Crippen LogP contribution in [0.1, 0.15) is 26.7 Å². The number of imide groups is 1. The number of carbonyl (C=O) groups excluding carboxylic acids is 2. The maximum absolute atomic E-state index is 11.5. The summed E-state index contributed by atoms with van der Waals surface area (Å²) >= 11 is 0. The number of hydrogen-bond donors (Lipinski definition) is 1. The lowest BCUT2D eigenvalue weighted by molar-refractivity contribution is -0.137. The molecule has 1 atom stereocenters. The first-order chi connectivity index (χ1) is 8.02. The van der Waals surface area contributed by atoms with E-state index in [0.717, 1.165) is 13.0 Å². The molecule has 0 aliphatic carbocycles. The van der Waals surface area contributed by atoms with Gasteiger partial charge in [-0.15, -0.1) is 0 Å². The fourth-order valence-corrected chi connectivity index (χ4v) is 1.68. The molecule has 0 saturated carbocycles. The van der Waals surface area contributed by atoms with E-state index in [0.29, 0.717) is 19.1 Å². The number of nitrogens with one attached hydrogen (secondary N) is 1. The first kappa shape index (κ1) is 14.1. The van der Waals surface area contributed by atoms with Crippen LogP contribution in [0, 0.1) is 5.92 Å². The number of ether oxygens (including phenoxy) is 1. The van der Waals surface area contributed by atoms with E-state index in [-0.39, 0.29) is 24.3 Å². The Kier molecular flexibility index (Phi) is 5.58. The van der Waals surface area contributed by atoms with Gasteiger partial charge in [-0.25, -0.2) is 0 Å². The van der Waals surface area contributed by atoms with Crippen molar-refractivity contribution in [1.29, 1.82) is 0 Å². The number of likely N-dealkylation sites (N-methyl/N-ethyl adjacent to an activating group) is 1. The molecule has 5 nitrogen and oxygen atoms in total. The van der Waals surface area contributed by atoms with Crippen LogP contribution in [0.15, 0.2) is 0 Å². The van der Waals surface area contributed by atoms with Crippen molar-refractivity contribution in [3.05, 3.63) is 0 Å². The highest BCUT2D eigenvalue weighted by atomic mass is 16.5. The van der Waals surface area contributed by atoms with Crippen molar-refractivity contribution in [3.8, 4) is 0 Å². The number of hydrogen-bond acceptors (Lipinski definition) is 4. The highest BCUT2D eigenvalue weighted by Crippen LogP contribution is 2.10. The highest BCUT2D eigenvalue weighted by molar-refractivity contribution is 6.05. The molecule has 98 valence electrons. The fourth-order valence-electron chi connectivity index (χ4n) is 1.68. The quantitative estimate of drug-likeness (QED) is 0.518. The van der Waals surface area contributed by atoms with Gasteiger partial charge in [0.1, 0.15) is 0 Å². The summed E-state index contributed by atoms with van der Waals surface area (Å²) in [6, 6.07) is -0.336. The summed E-state index contributed by atoms with van der Waals surface area (Å²) in [6.45, 7) is 6.38. The Morgan fingerprint density at radius 3 is 2.71 bits per heavy atom. The molecule has 0 aromatic heterocycles. The van der Waals surface area contributed by atoms with Crippen molar-refractivity contribution >= 4 is 11.8 Å². The summed E-state index contributed by atoms with van der Waals surface area (Å²) in [6.07, 6.45) is 1.14. The van der Waals surface area contributed by atoms with Gasteiger partial charge in [-0.1, -0.05) is 13.8 Å². The van der Waals surface area contributed by atoms with Gasteiger partial charge in [0, 0.05) is 20.3 Å². The molecule has 1 N–H and O–H groups in total. The van der Waals surface area contributed by atoms with Gasteiger partial charge in [-0.2, -0.15) is 0 Å². The van der Waals surface area contributed by atoms with Gasteiger partial charge < -0.3 is 10.1 Å². The van der Waals surface area contributed by atoms with Gasteiger partial charge >= 0.3 is 0 Å². The van der Waals surface area contributed by atoms with E-state index in [1.807, 2.05) is 0 Å². The number of nitrogens with zero attached hydrogens (tertiary/aromatic N) is 1. The molecule has 1 fully saturated rings. The number of amides is 2. The molecule has 1 saturated heterocycles. The van der Waals surface area contributed by atoms with Crippen LogP contribution in [0.25, 0.3) is 0 Å². The predicted octanol–water partition coefficient (Wildman–Crippen LogP) is 0.396. The summed E-state index contributed by atoms with van der Waals surface area (Å²) in [7, 11) is 1.53. The zero-order valence-corrected chi connectivity index (χ0v) is 10.9. The van der Waals surface area contributed by atoms with E-state index in [2.05, 4.69) is 19.2 Å². The van der Waals surface area contributed by atoms with Gasteiger partial charge in [0.05, 0.1) is 12.5 Å². The molecule has 1 aliphatic rings. The smallest absolute Gasteiger partial charge is 0.246 e. The van der Waals surface area contributed by atoms with Crippen LogP contribution in [0.3, 0.4) is 0 Å². The van der Waals surface area contributed by atoms with Gasteiger partial charge in [0.15, 0.2) is 0 Å². The van der Waals surface area contributed by atoms with Gasteiger partial charge in [-0.05, 0) is 18.9 Å². The first-order valence-corrected chi connectivity index (χ1v) is 6.14. The normalized spacial score (nSPS) is 20.7. The fraction of sp³-hybridized carbons (Fsp3) is 0.833. The van der Waals surface area contributed by atoms with Crippen molar-refractivity contribution in [2.75, 3.05) is 26.8 Å². The van der Waals surface area contributed by atoms with Crippen molar-refractivity contribution in [2.45, 2.75) is 32.7 Å². The van der Waals surface area contributed by atoms with E-state index in [1.54, 1.807) is 0 Å². The Hall–Kier alpha value is -0.940. The second kappa shape index (κ2) is 6.71. The van der Waals surface area contributed by atoms with E-state index in [4.69, 9.17) is 4.74 Å². The van der Waals surface area contributed by atoms with Crippen LogP contribution in [-0.4, -0.2) is 49.6 Å². The van der Waals surface area contributed by atoms with Gasteiger partial charge in [0.2, 0.25) is 11.8 Å². The molecule has 1 unspecified atom stereocenters. The van der Waals surface area contributed by atoms with Crippen molar-refractivity contribution < 1.29 is 14.3 Å². The third-order valence-corrected chi connectivity index (χ3v) is 2.69. The third kappa shape index (κ3) is 4.44. The molecule has 1 heterocycles. The second-order valence-corrected chi connectivity index (χ2v) is 4.82. The zero-order chi connectivity index (χ0) is 12.8. The van der Waals surface area contributed by atoms with Crippen LogP contribution in [0.5, 0.6) is 0 Å².